The van der Waals surface area contributed by atoms with Crippen molar-refractivity contribution >= 4 is 11.6 Å². The standard InChI is InChI=1S/C14H18FN3O/c1-19-9-14(10-5-6-10)8-17-13(16)18(14)12-4-2-3-11(15)7-12/h2-4,7,10H,5-6,8-9H2,1H3,(H2,16,17). The first-order chi connectivity index (χ1) is 9.17. The summed E-state index contributed by atoms with van der Waals surface area (Å²) >= 11 is 0. The van der Waals surface area contributed by atoms with Crippen molar-refractivity contribution in [3.63, 3.8) is 0 Å². The smallest absolute Gasteiger partial charge is 0.196 e. The van der Waals surface area contributed by atoms with Crippen LogP contribution in [0.3, 0.4) is 0 Å². The molecule has 19 heavy (non-hydrogen) atoms. The summed E-state index contributed by atoms with van der Waals surface area (Å²) < 4.78 is 18.9. The third-order valence-electron chi connectivity index (χ3n) is 3.99. The average molecular weight is 263 g/mol. The predicted octanol–water partition coefficient (Wildman–Crippen LogP) is 1.76. The van der Waals surface area contributed by atoms with Gasteiger partial charge in [0.25, 0.3) is 0 Å². The van der Waals surface area contributed by atoms with E-state index in [2.05, 4.69) is 4.99 Å². The molecular weight excluding hydrogens is 245 g/mol. The molecule has 1 aliphatic heterocycles. The van der Waals surface area contributed by atoms with Crippen LogP contribution < -0.4 is 10.6 Å². The summed E-state index contributed by atoms with van der Waals surface area (Å²) in [6.07, 6.45) is 2.30. The van der Waals surface area contributed by atoms with Crippen molar-refractivity contribution in [2.45, 2.75) is 18.4 Å². The highest BCUT2D eigenvalue weighted by Crippen LogP contribution is 2.47. The van der Waals surface area contributed by atoms with E-state index in [-0.39, 0.29) is 11.4 Å². The lowest BCUT2D eigenvalue weighted by molar-refractivity contribution is 0.129. The minimum Gasteiger partial charge on any atom is -0.382 e. The zero-order chi connectivity index (χ0) is 13.5. The molecule has 2 N–H and O–H groups in total. The zero-order valence-electron chi connectivity index (χ0n) is 11.0. The molecule has 1 aromatic carbocycles. The van der Waals surface area contributed by atoms with Gasteiger partial charge in [-0.3, -0.25) is 4.99 Å². The van der Waals surface area contributed by atoms with Crippen molar-refractivity contribution in [2.75, 3.05) is 25.2 Å². The Morgan fingerprint density at radius 1 is 1.53 bits per heavy atom. The molecule has 1 aromatic rings. The number of aliphatic imine (C=N–C) groups is 1. The first-order valence-corrected chi connectivity index (χ1v) is 6.52. The summed E-state index contributed by atoms with van der Waals surface area (Å²) in [5.41, 5.74) is 6.54. The molecule has 1 heterocycles. The van der Waals surface area contributed by atoms with E-state index in [4.69, 9.17) is 10.5 Å². The largest absolute Gasteiger partial charge is 0.382 e. The van der Waals surface area contributed by atoms with Crippen molar-refractivity contribution in [1.29, 1.82) is 0 Å². The second-order valence-electron chi connectivity index (χ2n) is 5.30. The van der Waals surface area contributed by atoms with Gasteiger partial charge in [-0.05, 0) is 37.0 Å². The third kappa shape index (κ3) is 1.98. The second-order valence-corrected chi connectivity index (χ2v) is 5.30. The van der Waals surface area contributed by atoms with Gasteiger partial charge >= 0.3 is 0 Å². The number of nitrogens with zero attached hydrogens (tertiary/aromatic N) is 2. The molecule has 1 aliphatic carbocycles. The van der Waals surface area contributed by atoms with Crippen LogP contribution in [0.5, 0.6) is 0 Å². The fourth-order valence-corrected chi connectivity index (χ4v) is 3.00. The molecule has 1 atom stereocenters. The van der Waals surface area contributed by atoms with Gasteiger partial charge in [-0.1, -0.05) is 6.07 Å². The number of halogens is 1. The first kappa shape index (κ1) is 12.4. The fourth-order valence-electron chi connectivity index (χ4n) is 3.00. The van der Waals surface area contributed by atoms with Gasteiger partial charge in [-0.25, -0.2) is 4.39 Å². The van der Waals surface area contributed by atoms with Crippen LogP contribution in [0.25, 0.3) is 0 Å². The molecule has 0 spiro atoms. The Labute approximate surface area is 112 Å². The molecule has 1 unspecified atom stereocenters. The number of methoxy groups -OCH3 is 1. The number of hydrogen-bond acceptors (Lipinski definition) is 4. The highest BCUT2D eigenvalue weighted by atomic mass is 19.1. The number of anilines is 1. The Kier molecular flexibility index (Phi) is 2.93. The summed E-state index contributed by atoms with van der Waals surface area (Å²) in [5.74, 6) is 0.703. The molecule has 0 saturated heterocycles. The quantitative estimate of drug-likeness (QED) is 0.900. The van der Waals surface area contributed by atoms with Crippen molar-refractivity contribution in [3.8, 4) is 0 Å². The zero-order valence-corrected chi connectivity index (χ0v) is 11.0. The van der Waals surface area contributed by atoms with Crippen LogP contribution in [0, 0.1) is 11.7 Å². The molecule has 102 valence electrons. The normalized spacial score (nSPS) is 26.6. The van der Waals surface area contributed by atoms with Crippen LogP contribution in [0.15, 0.2) is 29.3 Å². The molecule has 2 aliphatic rings. The van der Waals surface area contributed by atoms with Gasteiger partial charge in [-0.2, -0.15) is 0 Å². The average Bonchev–Trinajstić information content (AvgIpc) is 3.17. The van der Waals surface area contributed by atoms with Crippen molar-refractivity contribution in [2.24, 2.45) is 16.6 Å². The number of ether oxygens (including phenoxy) is 1. The van der Waals surface area contributed by atoms with E-state index < -0.39 is 0 Å². The molecule has 1 fully saturated rings. The molecule has 3 rings (SSSR count). The van der Waals surface area contributed by atoms with E-state index in [1.807, 2.05) is 11.0 Å². The van der Waals surface area contributed by atoms with Gasteiger partial charge in [0.15, 0.2) is 5.96 Å². The van der Waals surface area contributed by atoms with Crippen LogP contribution in [0.1, 0.15) is 12.8 Å². The van der Waals surface area contributed by atoms with Crippen LogP contribution in [-0.4, -0.2) is 31.8 Å². The van der Waals surface area contributed by atoms with Gasteiger partial charge in [0.1, 0.15) is 5.82 Å². The maximum atomic E-state index is 13.5. The number of nitrogens with two attached hydrogens (primary N) is 1. The lowest BCUT2D eigenvalue weighted by atomic mass is 9.92. The Morgan fingerprint density at radius 3 is 2.95 bits per heavy atom. The van der Waals surface area contributed by atoms with Gasteiger partial charge < -0.3 is 15.4 Å². The maximum absolute atomic E-state index is 13.5. The molecule has 0 amide bonds. The van der Waals surface area contributed by atoms with Crippen molar-refractivity contribution in [1.82, 2.24) is 0 Å². The Morgan fingerprint density at radius 2 is 2.32 bits per heavy atom. The van der Waals surface area contributed by atoms with E-state index in [1.54, 1.807) is 13.2 Å². The van der Waals surface area contributed by atoms with Gasteiger partial charge in [0.05, 0.1) is 18.7 Å². The molecule has 4 nitrogen and oxygen atoms in total. The van der Waals surface area contributed by atoms with E-state index >= 15 is 0 Å². The molecule has 0 aromatic heterocycles. The fraction of sp³-hybridized carbons (Fsp3) is 0.500. The molecule has 1 saturated carbocycles. The van der Waals surface area contributed by atoms with E-state index in [0.29, 0.717) is 25.0 Å². The van der Waals surface area contributed by atoms with Crippen LogP contribution >= 0.6 is 0 Å². The Hall–Kier alpha value is -1.62. The summed E-state index contributed by atoms with van der Waals surface area (Å²) in [4.78, 5) is 6.33. The summed E-state index contributed by atoms with van der Waals surface area (Å²) in [7, 11) is 1.68. The number of benzene rings is 1. The topological polar surface area (TPSA) is 50.9 Å². The van der Waals surface area contributed by atoms with Crippen molar-refractivity contribution in [3.05, 3.63) is 30.1 Å². The second kappa shape index (κ2) is 4.49. The third-order valence-corrected chi connectivity index (χ3v) is 3.99. The highest BCUT2D eigenvalue weighted by Gasteiger charge is 2.53. The molecule has 0 bridgehead atoms. The highest BCUT2D eigenvalue weighted by molar-refractivity contribution is 5.98. The lowest BCUT2D eigenvalue weighted by Gasteiger charge is -2.39. The van der Waals surface area contributed by atoms with Gasteiger partial charge in [0.2, 0.25) is 0 Å². The number of rotatable bonds is 4. The predicted molar refractivity (Wildman–Crippen MR) is 72.7 cm³/mol. The summed E-state index contributed by atoms with van der Waals surface area (Å²) in [5, 5.41) is 0. The SMILES string of the molecule is COCC1(C2CC2)CN=C(N)N1c1cccc(F)c1. The Bertz CT molecular complexity index is 515. The lowest BCUT2D eigenvalue weighted by Crippen LogP contribution is -2.56. The van der Waals surface area contributed by atoms with Crippen LogP contribution in [0.2, 0.25) is 0 Å². The van der Waals surface area contributed by atoms with E-state index in [9.17, 15) is 4.39 Å². The van der Waals surface area contributed by atoms with E-state index in [1.165, 1.54) is 12.1 Å². The molecule has 0 radical (unpaired) electrons. The van der Waals surface area contributed by atoms with Crippen LogP contribution in [-0.2, 0) is 4.74 Å². The minimum absolute atomic E-state index is 0.243. The minimum atomic E-state index is -0.265. The Balaban J connectivity index is 2.01. The summed E-state index contributed by atoms with van der Waals surface area (Å²) in [6.45, 7) is 1.17. The number of hydrogen-bond donors (Lipinski definition) is 1. The monoisotopic (exact) mass is 263 g/mol. The molecule has 5 heteroatoms. The van der Waals surface area contributed by atoms with Crippen molar-refractivity contribution < 1.29 is 9.13 Å². The maximum Gasteiger partial charge on any atom is 0.196 e. The molecular formula is C14H18FN3O. The number of guanidine groups is 1. The summed E-state index contributed by atoms with van der Waals surface area (Å²) in [6, 6.07) is 6.49. The van der Waals surface area contributed by atoms with Gasteiger partial charge in [-0.15, -0.1) is 0 Å². The van der Waals surface area contributed by atoms with E-state index in [0.717, 1.165) is 18.5 Å². The first-order valence-electron chi connectivity index (χ1n) is 6.52. The van der Waals surface area contributed by atoms with Crippen LogP contribution in [0.4, 0.5) is 10.1 Å². The van der Waals surface area contributed by atoms with Gasteiger partial charge in [0, 0.05) is 12.8 Å².